The van der Waals surface area contributed by atoms with Crippen molar-refractivity contribution in [3.05, 3.63) is 18.2 Å². The molecule has 0 saturated carbocycles. The lowest BCUT2D eigenvalue weighted by Crippen LogP contribution is -2.25. The van der Waals surface area contributed by atoms with E-state index in [1.54, 1.807) is 18.2 Å². The molecule has 2 heterocycles. The summed E-state index contributed by atoms with van der Waals surface area (Å²) in [5, 5.41) is 2.64. The van der Waals surface area contributed by atoms with E-state index in [4.69, 9.17) is 26.4 Å². The number of carbonyl (C=O) groups is 2. The van der Waals surface area contributed by atoms with Gasteiger partial charge in [-0.2, -0.15) is 0 Å². The Morgan fingerprint density at radius 2 is 2.00 bits per heavy atom. The van der Waals surface area contributed by atoms with Crippen LogP contribution in [0.25, 0.3) is 0 Å². The van der Waals surface area contributed by atoms with Crippen molar-refractivity contribution in [2.24, 2.45) is 0 Å². The van der Waals surface area contributed by atoms with Crippen molar-refractivity contribution in [3.63, 3.8) is 0 Å². The first-order valence-corrected chi connectivity index (χ1v) is 9.28. The number of esters is 1. The van der Waals surface area contributed by atoms with E-state index in [0.717, 1.165) is 25.9 Å². The first-order chi connectivity index (χ1) is 12.1. The van der Waals surface area contributed by atoms with Gasteiger partial charge in [-0.05, 0) is 25.0 Å². The lowest BCUT2D eigenvalue weighted by molar-refractivity contribution is -0.144. The van der Waals surface area contributed by atoms with Gasteiger partial charge in [0.05, 0.1) is 5.75 Å². The Labute approximate surface area is 155 Å². The molecule has 25 heavy (non-hydrogen) atoms. The normalized spacial score (nSPS) is 15.1. The molecule has 134 valence electrons. The van der Waals surface area contributed by atoms with Crippen molar-refractivity contribution in [1.29, 1.82) is 0 Å². The second-order valence-electron chi connectivity index (χ2n) is 5.53. The van der Waals surface area contributed by atoms with Gasteiger partial charge in [-0.15, -0.1) is 0 Å². The summed E-state index contributed by atoms with van der Waals surface area (Å²) >= 11 is 6.55. The molecule has 0 aromatic heterocycles. The molecule has 0 bridgehead atoms. The highest BCUT2D eigenvalue weighted by Gasteiger charge is 2.17. The van der Waals surface area contributed by atoms with Gasteiger partial charge in [0.15, 0.2) is 18.1 Å². The van der Waals surface area contributed by atoms with Crippen molar-refractivity contribution in [2.45, 2.75) is 12.8 Å². The number of carbonyl (C=O) groups excluding carboxylic acids is 2. The second-order valence-corrected chi connectivity index (χ2v) is 7.13. The third-order valence-electron chi connectivity index (χ3n) is 3.70. The first-order valence-electron chi connectivity index (χ1n) is 7.88. The van der Waals surface area contributed by atoms with E-state index in [0.29, 0.717) is 21.5 Å². The standard InChI is InChI=1S/C16H18N2O5S2/c19-14(17-11-3-4-12-13(7-11)23-10-22-12)8-21-15(20)9-25-16(24)18-5-1-2-6-18/h3-4,7H,1-2,5-6,8-10H2,(H,17,19). The zero-order valence-corrected chi connectivity index (χ0v) is 15.1. The van der Waals surface area contributed by atoms with Gasteiger partial charge in [-0.25, -0.2) is 0 Å². The minimum atomic E-state index is -0.465. The van der Waals surface area contributed by atoms with Crippen molar-refractivity contribution in [1.82, 2.24) is 4.90 Å². The minimum Gasteiger partial charge on any atom is -0.455 e. The predicted molar refractivity (Wildman–Crippen MR) is 98.0 cm³/mol. The van der Waals surface area contributed by atoms with Crippen molar-refractivity contribution >= 4 is 45.9 Å². The van der Waals surface area contributed by atoms with Crippen LogP contribution in [0, 0.1) is 0 Å². The fraction of sp³-hybridized carbons (Fsp3) is 0.438. The Morgan fingerprint density at radius 3 is 2.80 bits per heavy atom. The van der Waals surface area contributed by atoms with Gasteiger partial charge in [0.2, 0.25) is 6.79 Å². The summed E-state index contributed by atoms with van der Waals surface area (Å²) in [6.45, 7) is 1.71. The molecule has 0 radical (unpaired) electrons. The van der Waals surface area contributed by atoms with Crippen LogP contribution in [0.3, 0.4) is 0 Å². The third kappa shape index (κ3) is 4.99. The van der Waals surface area contributed by atoms with Crippen molar-refractivity contribution in [2.75, 3.05) is 37.6 Å². The van der Waals surface area contributed by atoms with Crippen LogP contribution in [0.15, 0.2) is 18.2 Å². The summed E-state index contributed by atoms with van der Waals surface area (Å²) < 4.78 is 16.1. The van der Waals surface area contributed by atoms with Crippen LogP contribution in [0.5, 0.6) is 11.5 Å². The number of nitrogens with one attached hydrogen (secondary N) is 1. The summed E-state index contributed by atoms with van der Waals surface area (Å²) in [6.07, 6.45) is 2.26. The lowest BCUT2D eigenvalue weighted by Gasteiger charge is -2.17. The molecule has 1 N–H and O–H groups in total. The highest BCUT2D eigenvalue weighted by atomic mass is 32.2. The SMILES string of the molecule is O=C(COC(=O)CSC(=S)N1CCCC1)Nc1ccc2c(c1)OCO2. The molecule has 3 rings (SSSR count). The number of likely N-dealkylation sites (tertiary alicyclic amines) is 1. The number of hydrogen-bond donors (Lipinski definition) is 1. The largest absolute Gasteiger partial charge is 0.455 e. The molecule has 1 fully saturated rings. The molecule has 7 nitrogen and oxygen atoms in total. The van der Waals surface area contributed by atoms with Crippen LogP contribution in [-0.2, 0) is 14.3 Å². The molecular weight excluding hydrogens is 364 g/mol. The Bertz CT molecular complexity index is 676. The van der Waals surface area contributed by atoms with E-state index in [9.17, 15) is 9.59 Å². The highest BCUT2D eigenvalue weighted by Crippen LogP contribution is 2.34. The molecule has 2 aliphatic rings. The molecule has 1 aromatic rings. The number of thioether (sulfide) groups is 1. The fourth-order valence-corrected chi connectivity index (χ4v) is 3.52. The molecule has 0 unspecified atom stereocenters. The van der Waals surface area contributed by atoms with Gasteiger partial charge in [0, 0.05) is 24.8 Å². The number of thiocarbonyl (C=S) groups is 1. The van der Waals surface area contributed by atoms with Gasteiger partial charge in [-0.1, -0.05) is 24.0 Å². The number of rotatable bonds is 5. The zero-order chi connectivity index (χ0) is 17.6. The van der Waals surface area contributed by atoms with Crippen molar-refractivity contribution < 1.29 is 23.8 Å². The van der Waals surface area contributed by atoms with Crippen LogP contribution in [-0.4, -0.2) is 53.3 Å². The highest BCUT2D eigenvalue weighted by molar-refractivity contribution is 8.23. The van der Waals surface area contributed by atoms with Crippen LogP contribution >= 0.6 is 24.0 Å². The summed E-state index contributed by atoms with van der Waals surface area (Å²) in [6, 6.07) is 5.06. The topological polar surface area (TPSA) is 77.1 Å². The molecule has 1 aromatic carbocycles. The summed E-state index contributed by atoms with van der Waals surface area (Å²) in [7, 11) is 0. The summed E-state index contributed by atoms with van der Waals surface area (Å²) in [4.78, 5) is 25.7. The maximum atomic E-state index is 11.9. The average Bonchev–Trinajstić information content (AvgIpc) is 3.28. The van der Waals surface area contributed by atoms with Gasteiger partial charge < -0.3 is 24.4 Å². The van der Waals surface area contributed by atoms with Crippen LogP contribution in [0.1, 0.15) is 12.8 Å². The predicted octanol–water partition coefficient (Wildman–Crippen LogP) is 2.01. The summed E-state index contributed by atoms with van der Waals surface area (Å²) in [5.74, 6) is 0.427. The van der Waals surface area contributed by atoms with Crippen LogP contribution < -0.4 is 14.8 Å². The molecule has 0 aliphatic carbocycles. The number of fused-ring (bicyclic) bond motifs is 1. The molecular formula is C16H18N2O5S2. The first kappa shape index (κ1) is 17.8. The van der Waals surface area contributed by atoms with Gasteiger partial charge in [0.1, 0.15) is 4.32 Å². The molecule has 1 amide bonds. The molecule has 1 saturated heterocycles. The van der Waals surface area contributed by atoms with E-state index in [-0.39, 0.29) is 19.2 Å². The Balaban J connectivity index is 1.36. The van der Waals surface area contributed by atoms with Crippen LogP contribution in [0.2, 0.25) is 0 Å². The quantitative estimate of drug-likeness (QED) is 0.612. The third-order valence-corrected chi connectivity index (χ3v) is 5.20. The van der Waals surface area contributed by atoms with Gasteiger partial charge in [0.25, 0.3) is 5.91 Å². The smallest absolute Gasteiger partial charge is 0.316 e. The van der Waals surface area contributed by atoms with Crippen molar-refractivity contribution in [3.8, 4) is 11.5 Å². The summed E-state index contributed by atoms with van der Waals surface area (Å²) in [5.41, 5.74) is 0.551. The number of amides is 1. The Hall–Kier alpha value is -2.00. The number of anilines is 1. The number of nitrogens with zero attached hydrogens (tertiary/aromatic N) is 1. The van der Waals surface area contributed by atoms with Gasteiger partial charge >= 0.3 is 5.97 Å². The number of ether oxygens (including phenoxy) is 3. The van der Waals surface area contributed by atoms with Gasteiger partial charge in [-0.3, -0.25) is 9.59 Å². The minimum absolute atomic E-state index is 0.104. The van der Waals surface area contributed by atoms with E-state index in [1.165, 1.54) is 11.8 Å². The van der Waals surface area contributed by atoms with Crippen LogP contribution in [0.4, 0.5) is 5.69 Å². The fourth-order valence-electron chi connectivity index (χ4n) is 2.47. The van der Waals surface area contributed by atoms with E-state index in [1.807, 2.05) is 0 Å². The molecule has 2 aliphatic heterocycles. The average molecular weight is 382 g/mol. The maximum Gasteiger partial charge on any atom is 0.316 e. The monoisotopic (exact) mass is 382 g/mol. The van der Waals surface area contributed by atoms with E-state index >= 15 is 0 Å². The lowest BCUT2D eigenvalue weighted by atomic mass is 10.3. The molecule has 0 spiro atoms. The zero-order valence-electron chi connectivity index (χ0n) is 13.5. The Morgan fingerprint density at radius 1 is 1.24 bits per heavy atom. The molecule has 9 heteroatoms. The molecule has 0 atom stereocenters. The Kier molecular flexibility index (Phi) is 5.98. The van der Waals surface area contributed by atoms with E-state index < -0.39 is 11.9 Å². The number of benzene rings is 1. The number of hydrogen-bond acceptors (Lipinski definition) is 7. The second kappa shape index (κ2) is 8.39. The maximum absolute atomic E-state index is 11.9. The van der Waals surface area contributed by atoms with E-state index in [2.05, 4.69) is 10.2 Å².